The Morgan fingerprint density at radius 3 is 1.92 bits per heavy atom. The first-order chi connectivity index (χ1) is 24.2. The van der Waals surface area contributed by atoms with Crippen LogP contribution in [-0.4, -0.2) is 34.8 Å². The third-order valence-electron chi connectivity index (χ3n) is 7.75. The van der Waals surface area contributed by atoms with Gasteiger partial charge in [0.2, 0.25) is 5.95 Å². The molecule has 0 amide bonds. The molecule has 0 aliphatic rings. The number of halogens is 10. The molecule has 4 rings (SSSR count). The molecule has 0 saturated carbocycles. The molecule has 7 nitrogen and oxygen atoms in total. The van der Waals surface area contributed by atoms with E-state index in [1.54, 1.807) is 13.8 Å². The first-order valence-corrected chi connectivity index (χ1v) is 15.4. The van der Waals surface area contributed by atoms with Crippen molar-refractivity contribution in [1.82, 2.24) is 9.97 Å². The Bertz CT molecular complexity index is 1840. The molecule has 17 heteroatoms. The Kier molecular flexibility index (Phi) is 11.9. The number of anilines is 1. The minimum Gasteiger partial charge on any atom is -0.496 e. The molecular formula is C35H31F10N3O4. The second-order valence-corrected chi connectivity index (χ2v) is 11.9. The fraction of sp³-hybridized carbons (Fsp3) is 0.343. The Morgan fingerprint density at radius 2 is 1.40 bits per heavy atom. The fourth-order valence-electron chi connectivity index (χ4n) is 5.25. The summed E-state index contributed by atoms with van der Waals surface area (Å²) < 4.78 is 150. The highest BCUT2D eigenvalue weighted by atomic mass is 19.4. The summed E-state index contributed by atoms with van der Waals surface area (Å²) in [5, 5.41) is 8.81. The number of rotatable bonds is 13. The van der Waals surface area contributed by atoms with Crippen molar-refractivity contribution >= 4 is 11.9 Å². The lowest BCUT2D eigenvalue weighted by molar-refractivity contribution is -0.143. The molecule has 0 spiro atoms. The molecule has 0 atom stereocenters. The van der Waals surface area contributed by atoms with Gasteiger partial charge in [-0.05, 0) is 71.0 Å². The standard InChI is InChI=1S/C35H31F10N3O4/c1-19(2)27-13-28(30(51-3)14-29(27)36)26-7-6-22(33(37,38)39)11-21(26)18-48(32-46-15-25(16-47-32)52-8-4-5-31(49)50)17-20-9-23(34(40,41)42)12-24(10-20)35(43,44)45/h6-7,9-16,19H,4-5,8,17-18H2,1-3H3,(H,49,50). The fourth-order valence-corrected chi connectivity index (χ4v) is 5.25. The van der Waals surface area contributed by atoms with Crippen molar-refractivity contribution in [2.24, 2.45) is 0 Å². The molecular weight excluding hydrogens is 716 g/mol. The van der Waals surface area contributed by atoms with Crippen LogP contribution in [0.2, 0.25) is 0 Å². The average molecular weight is 748 g/mol. The van der Waals surface area contributed by atoms with Gasteiger partial charge in [-0.2, -0.15) is 39.5 Å². The second-order valence-electron chi connectivity index (χ2n) is 11.9. The molecule has 0 fully saturated rings. The molecule has 4 aromatic rings. The summed E-state index contributed by atoms with van der Waals surface area (Å²) in [6.07, 6.45) is -13.1. The van der Waals surface area contributed by atoms with Crippen LogP contribution in [0.15, 0.2) is 60.9 Å². The smallest absolute Gasteiger partial charge is 0.416 e. The number of alkyl halides is 9. The van der Waals surface area contributed by atoms with Gasteiger partial charge < -0.3 is 19.5 Å². The van der Waals surface area contributed by atoms with Gasteiger partial charge in [0.05, 0.1) is 42.8 Å². The topological polar surface area (TPSA) is 84.8 Å². The zero-order valence-electron chi connectivity index (χ0n) is 27.7. The molecule has 1 aromatic heterocycles. The Morgan fingerprint density at radius 1 is 0.808 bits per heavy atom. The number of hydrogen-bond donors (Lipinski definition) is 1. The van der Waals surface area contributed by atoms with Gasteiger partial charge in [0.1, 0.15) is 11.6 Å². The summed E-state index contributed by atoms with van der Waals surface area (Å²) in [6.45, 7) is 1.96. The normalized spacial score (nSPS) is 12.3. The molecule has 0 unspecified atom stereocenters. The largest absolute Gasteiger partial charge is 0.496 e. The van der Waals surface area contributed by atoms with E-state index in [0.29, 0.717) is 12.1 Å². The number of hydrogen-bond acceptors (Lipinski definition) is 6. The number of carboxylic acid groups (broad SMARTS) is 1. The number of carbonyl (C=O) groups is 1. The first kappa shape index (κ1) is 39.7. The summed E-state index contributed by atoms with van der Waals surface area (Å²) in [4.78, 5) is 20.1. The lowest BCUT2D eigenvalue weighted by atomic mass is 9.92. The number of benzene rings is 3. The van der Waals surface area contributed by atoms with Gasteiger partial charge in [-0.15, -0.1) is 0 Å². The Labute approximate surface area is 290 Å². The zero-order valence-corrected chi connectivity index (χ0v) is 27.7. The van der Waals surface area contributed by atoms with Crippen molar-refractivity contribution in [1.29, 1.82) is 0 Å². The van der Waals surface area contributed by atoms with Gasteiger partial charge in [-0.1, -0.05) is 19.9 Å². The minimum absolute atomic E-state index is 0.0320. The van der Waals surface area contributed by atoms with E-state index in [-0.39, 0.29) is 71.1 Å². The van der Waals surface area contributed by atoms with E-state index in [2.05, 4.69) is 9.97 Å². The van der Waals surface area contributed by atoms with Crippen LogP contribution in [0.4, 0.5) is 49.9 Å². The van der Waals surface area contributed by atoms with Crippen LogP contribution in [0.3, 0.4) is 0 Å². The van der Waals surface area contributed by atoms with Crippen molar-refractivity contribution in [2.45, 2.75) is 64.2 Å². The molecule has 52 heavy (non-hydrogen) atoms. The van der Waals surface area contributed by atoms with Crippen LogP contribution >= 0.6 is 0 Å². The molecule has 3 aromatic carbocycles. The van der Waals surface area contributed by atoms with Crippen LogP contribution in [0.25, 0.3) is 11.1 Å². The summed E-state index contributed by atoms with van der Waals surface area (Å²) in [5.74, 6) is -2.43. The van der Waals surface area contributed by atoms with E-state index in [9.17, 15) is 48.7 Å². The highest BCUT2D eigenvalue weighted by Gasteiger charge is 2.37. The minimum atomic E-state index is -5.18. The van der Waals surface area contributed by atoms with Crippen LogP contribution in [0.5, 0.6) is 11.5 Å². The third kappa shape index (κ3) is 10.0. The summed E-state index contributed by atoms with van der Waals surface area (Å²) in [6, 6.07) is 5.99. The number of nitrogens with zero attached hydrogens (tertiary/aromatic N) is 3. The van der Waals surface area contributed by atoms with E-state index < -0.39 is 65.7 Å². The van der Waals surface area contributed by atoms with Crippen LogP contribution in [-0.2, 0) is 36.4 Å². The third-order valence-corrected chi connectivity index (χ3v) is 7.75. The molecule has 280 valence electrons. The SMILES string of the molecule is COc1cc(F)c(C(C)C)cc1-c1ccc(C(F)(F)F)cc1CN(Cc1cc(C(F)(F)F)cc(C(F)(F)F)c1)c1ncc(OCCCC(=O)O)cn1. The summed E-state index contributed by atoms with van der Waals surface area (Å²) in [5.41, 5.74) is -4.54. The van der Waals surface area contributed by atoms with Crippen LogP contribution < -0.4 is 14.4 Å². The molecule has 0 aliphatic heterocycles. The molecule has 0 bridgehead atoms. The summed E-state index contributed by atoms with van der Waals surface area (Å²) in [7, 11) is 1.22. The van der Waals surface area contributed by atoms with E-state index in [1.165, 1.54) is 13.2 Å². The van der Waals surface area contributed by atoms with Gasteiger partial charge in [0.25, 0.3) is 0 Å². The first-order valence-electron chi connectivity index (χ1n) is 15.4. The van der Waals surface area contributed by atoms with Gasteiger partial charge >= 0.3 is 24.5 Å². The lowest BCUT2D eigenvalue weighted by Gasteiger charge is -2.26. The predicted molar refractivity (Wildman–Crippen MR) is 168 cm³/mol. The maximum Gasteiger partial charge on any atom is 0.416 e. The average Bonchev–Trinajstić information content (AvgIpc) is 3.05. The van der Waals surface area contributed by atoms with Gasteiger partial charge in [-0.25, -0.2) is 14.4 Å². The van der Waals surface area contributed by atoms with Crippen LogP contribution in [0, 0.1) is 5.82 Å². The van der Waals surface area contributed by atoms with Crippen molar-refractivity contribution in [2.75, 3.05) is 18.6 Å². The highest BCUT2D eigenvalue weighted by molar-refractivity contribution is 5.75. The number of aromatic nitrogens is 2. The van der Waals surface area contributed by atoms with Crippen molar-refractivity contribution in [3.63, 3.8) is 0 Å². The zero-order chi connectivity index (χ0) is 38.6. The predicted octanol–water partition coefficient (Wildman–Crippen LogP) is 9.92. The Hall–Kier alpha value is -5.09. The van der Waals surface area contributed by atoms with Crippen molar-refractivity contribution in [3.05, 3.63) is 100 Å². The Balaban J connectivity index is 1.89. The van der Waals surface area contributed by atoms with Crippen molar-refractivity contribution in [3.8, 4) is 22.6 Å². The van der Waals surface area contributed by atoms with E-state index >= 15 is 0 Å². The number of aliphatic carboxylic acids is 1. The van der Waals surface area contributed by atoms with Gasteiger partial charge in [0.15, 0.2) is 5.75 Å². The monoisotopic (exact) mass is 747 g/mol. The molecule has 1 heterocycles. The molecule has 1 N–H and O–H groups in total. The van der Waals surface area contributed by atoms with E-state index in [0.717, 1.165) is 41.6 Å². The lowest BCUT2D eigenvalue weighted by Crippen LogP contribution is -2.25. The highest BCUT2D eigenvalue weighted by Crippen LogP contribution is 2.41. The second kappa shape index (κ2) is 15.7. The molecule has 0 aliphatic carbocycles. The molecule has 0 radical (unpaired) electrons. The number of ether oxygens (including phenoxy) is 2. The van der Waals surface area contributed by atoms with Crippen molar-refractivity contribution < 1.29 is 63.3 Å². The quantitative estimate of drug-likeness (QED) is 0.108. The van der Waals surface area contributed by atoms with E-state index in [1.807, 2.05) is 0 Å². The van der Waals surface area contributed by atoms with Gasteiger partial charge in [0, 0.05) is 31.1 Å². The maximum atomic E-state index is 14.9. The number of carboxylic acids is 1. The van der Waals surface area contributed by atoms with E-state index in [4.69, 9.17) is 14.6 Å². The summed E-state index contributed by atoms with van der Waals surface area (Å²) >= 11 is 0. The van der Waals surface area contributed by atoms with Gasteiger partial charge in [-0.3, -0.25) is 4.79 Å². The maximum absolute atomic E-state index is 14.9. The number of methoxy groups -OCH3 is 1. The molecule has 0 saturated heterocycles. The van der Waals surface area contributed by atoms with Crippen LogP contribution in [0.1, 0.15) is 66.0 Å².